The number of unbranched alkanes of at least 4 members (excludes halogenated alkanes) is 2. The molecular weight excluding hydrogens is 266 g/mol. The highest BCUT2D eigenvalue weighted by Crippen LogP contribution is 2.31. The molecule has 0 aromatic rings. The van der Waals surface area contributed by atoms with Crippen molar-refractivity contribution in [3.05, 3.63) is 0 Å². The molecule has 0 N–H and O–H groups in total. The van der Waals surface area contributed by atoms with Gasteiger partial charge in [-0.25, -0.2) is 0 Å². The fourth-order valence-electron chi connectivity index (χ4n) is 2.51. The van der Waals surface area contributed by atoms with E-state index >= 15 is 0 Å². The molecule has 0 fully saturated rings. The topological polar surface area (TPSA) is 0 Å². The largest absolute Gasteiger partial charge is 0.122 e. The molecule has 116 valence electrons. The van der Waals surface area contributed by atoms with Gasteiger partial charge in [0.15, 0.2) is 0 Å². The highest BCUT2D eigenvalue weighted by molar-refractivity contribution is 7.38. The quantitative estimate of drug-likeness (QED) is 0.279. The second kappa shape index (κ2) is 13.8. The van der Waals surface area contributed by atoms with Crippen molar-refractivity contribution in [3.63, 3.8) is 0 Å². The first-order valence-corrected chi connectivity index (χ1v) is 11.4. The van der Waals surface area contributed by atoms with Gasteiger partial charge in [0.05, 0.1) is 0 Å². The Morgan fingerprint density at radius 2 is 1.32 bits per heavy atom. The van der Waals surface area contributed by atoms with Crippen LogP contribution in [0, 0.1) is 17.8 Å². The van der Waals surface area contributed by atoms with Crippen molar-refractivity contribution in [1.29, 1.82) is 0 Å². The fourth-order valence-corrected chi connectivity index (χ4v) is 5.85. The molecule has 2 heteroatoms. The van der Waals surface area contributed by atoms with Crippen LogP contribution in [0.4, 0.5) is 0 Å². The first kappa shape index (κ1) is 19.9. The Balaban J connectivity index is 3.93. The summed E-state index contributed by atoms with van der Waals surface area (Å²) >= 11 is 0. The third kappa shape index (κ3) is 12.3. The van der Waals surface area contributed by atoms with Gasteiger partial charge in [0.25, 0.3) is 0 Å². The van der Waals surface area contributed by atoms with Gasteiger partial charge < -0.3 is 0 Å². The molecule has 0 bridgehead atoms. The lowest BCUT2D eigenvalue weighted by molar-refractivity contribution is 0.353. The van der Waals surface area contributed by atoms with E-state index in [2.05, 4.69) is 34.6 Å². The lowest BCUT2D eigenvalue weighted by atomic mass is 9.89. The number of hydrogen-bond donors (Lipinski definition) is 0. The average molecular weight is 304 g/mol. The maximum absolute atomic E-state index is 2.52. The predicted molar refractivity (Wildman–Crippen MR) is 98.0 cm³/mol. The van der Waals surface area contributed by atoms with Crippen LogP contribution in [0.1, 0.15) is 66.7 Å². The molecule has 0 aromatic heterocycles. The van der Waals surface area contributed by atoms with Gasteiger partial charge >= 0.3 is 0 Å². The van der Waals surface area contributed by atoms with Gasteiger partial charge in [-0.05, 0) is 61.7 Å². The van der Waals surface area contributed by atoms with E-state index in [9.17, 15) is 0 Å². The number of hydrogen-bond acceptors (Lipinski definition) is 0. The Hall–Kier alpha value is 0.860. The highest BCUT2D eigenvalue weighted by atomic mass is 31.1. The Morgan fingerprint density at radius 3 is 1.79 bits per heavy atom. The van der Waals surface area contributed by atoms with Gasteiger partial charge in [-0.1, -0.05) is 47.5 Å². The van der Waals surface area contributed by atoms with Gasteiger partial charge in [-0.3, -0.25) is 0 Å². The van der Waals surface area contributed by atoms with E-state index < -0.39 is 0 Å². The van der Waals surface area contributed by atoms with Crippen LogP contribution in [0.2, 0.25) is 0 Å². The monoisotopic (exact) mass is 304 g/mol. The summed E-state index contributed by atoms with van der Waals surface area (Å²) in [6.07, 6.45) is 13.1. The summed E-state index contributed by atoms with van der Waals surface area (Å²) in [4.78, 5) is 0. The molecule has 0 saturated heterocycles. The van der Waals surface area contributed by atoms with Crippen molar-refractivity contribution >= 4 is 17.2 Å². The molecule has 0 spiro atoms. The Bertz CT molecular complexity index is 180. The molecule has 0 nitrogen and oxygen atoms in total. The molecule has 0 rings (SSSR count). The van der Waals surface area contributed by atoms with Gasteiger partial charge in [0.2, 0.25) is 0 Å². The van der Waals surface area contributed by atoms with Gasteiger partial charge in [0.1, 0.15) is 0 Å². The van der Waals surface area contributed by atoms with Crippen molar-refractivity contribution in [2.24, 2.45) is 17.8 Å². The second-order valence-corrected chi connectivity index (χ2v) is 9.30. The zero-order valence-electron chi connectivity index (χ0n) is 14.1. The summed E-state index contributed by atoms with van der Waals surface area (Å²) in [7, 11) is 2.44. The molecular formula is C17H38P2. The van der Waals surface area contributed by atoms with E-state index in [0.29, 0.717) is 0 Å². The summed E-state index contributed by atoms with van der Waals surface area (Å²) < 4.78 is 0. The first-order valence-electron chi connectivity index (χ1n) is 8.53. The third-order valence-electron chi connectivity index (χ3n) is 3.87. The molecule has 0 aliphatic heterocycles. The van der Waals surface area contributed by atoms with Crippen LogP contribution in [0.25, 0.3) is 0 Å². The smallest absolute Gasteiger partial charge is 0.0322 e. The van der Waals surface area contributed by atoms with Crippen LogP contribution in [-0.4, -0.2) is 24.6 Å². The van der Waals surface area contributed by atoms with Gasteiger partial charge in [-0.15, -0.1) is 17.2 Å². The zero-order valence-corrected chi connectivity index (χ0v) is 16.1. The normalized spacial score (nSPS) is 16.1. The minimum absolute atomic E-state index is 0.877. The summed E-state index contributed by atoms with van der Waals surface area (Å²) in [5, 5.41) is 0. The standard InChI is InChI=1S/C17H38P2/c1-6-8-10-18-13-16(5)17(12-15(3)4)14-19-11-9-7-2/h15-19H,6-14H2,1-5H3/t16-,17?/m1/s1. The van der Waals surface area contributed by atoms with Crippen LogP contribution in [0.15, 0.2) is 0 Å². The van der Waals surface area contributed by atoms with Crippen molar-refractivity contribution in [2.45, 2.75) is 66.7 Å². The molecule has 0 saturated carbocycles. The van der Waals surface area contributed by atoms with Crippen LogP contribution >= 0.6 is 17.2 Å². The van der Waals surface area contributed by atoms with Crippen LogP contribution in [0.3, 0.4) is 0 Å². The summed E-state index contributed by atoms with van der Waals surface area (Å²) in [6, 6.07) is 0. The van der Waals surface area contributed by atoms with E-state index in [1.165, 1.54) is 73.9 Å². The summed E-state index contributed by atoms with van der Waals surface area (Å²) in [5.41, 5.74) is 0. The Labute approximate surface area is 126 Å². The third-order valence-corrected chi connectivity index (χ3v) is 7.03. The van der Waals surface area contributed by atoms with Crippen LogP contribution in [0.5, 0.6) is 0 Å². The molecule has 0 aromatic carbocycles. The van der Waals surface area contributed by atoms with E-state index in [1.807, 2.05) is 0 Å². The zero-order chi connectivity index (χ0) is 14.5. The molecule has 0 radical (unpaired) electrons. The SMILES string of the molecule is CCCCPCC(CC(C)C)[C@H](C)CPCCCC. The maximum atomic E-state index is 2.52. The van der Waals surface area contributed by atoms with E-state index in [1.54, 1.807) is 0 Å². The fraction of sp³-hybridized carbons (Fsp3) is 1.00. The van der Waals surface area contributed by atoms with Crippen LogP contribution < -0.4 is 0 Å². The minimum atomic E-state index is 0.877. The Morgan fingerprint density at radius 1 is 0.789 bits per heavy atom. The van der Waals surface area contributed by atoms with E-state index in [0.717, 1.165) is 17.8 Å². The molecule has 0 amide bonds. The van der Waals surface area contributed by atoms with Crippen molar-refractivity contribution in [1.82, 2.24) is 0 Å². The predicted octanol–water partition coefficient (Wildman–Crippen LogP) is 6.24. The van der Waals surface area contributed by atoms with Gasteiger partial charge in [0, 0.05) is 0 Å². The van der Waals surface area contributed by atoms with Gasteiger partial charge in [-0.2, -0.15) is 0 Å². The molecule has 4 atom stereocenters. The molecule has 19 heavy (non-hydrogen) atoms. The lowest BCUT2D eigenvalue weighted by Gasteiger charge is -2.26. The summed E-state index contributed by atoms with van der Waals surface area (Å²) in [5.74, 6) is 2.85. The molecule has 0 heterocycles. The molecule has 0 aliphatic rings. The average Bonchev–Trinajstić information content (AvgIpc) is 2.37. The van der Waals surface area contributed by atoms with Crippen molar-refractivity contribution < 1.29 is 0 Å². The van der Waals surface area contributed by atoms with Crippen molar-refractivity contribution in [3.8, 4) is 0 Å². The minimum Gasteiger partial charge on any atom is -0.122 e. The van der Waals surface area contributed by atoms with E-state index in [4.69, 9.17) is 0 Å². The van der Waals surface area contributed by atoms with E-state index in [-0.39, 0.29) is 0 Å². The highest BCUT2D eigenvalue weighted by Gasteiger charge is 2.17. The van der Waals surface area contributed by atoms with Crippen LogP contribution in [-0.2, 0) is 0 Å². The van der Waals surface area contributed by atoms with Crippen molar-refractivity contribution in [2.75, 3.05) is 24.6 Å². The molecule has 3 unspecified atom stereocenters. The lowest BCUT2D eigenvalue weighted by Crippen LogP contribution is -2.18. The Kier molecular flexibility index (Phi) is 14.5. The first-order chi connectivity index (χ1) is 9.11. The second-order valence-electron chi connectivity index (χ2n) is 6.48. The summed E-state index contributed by atoms with van der Waals surface area (Å²) in [6.45, 7) is 11.9. The molecule has 0 aliphatic carbocycles. The maximum Gasteiger partial charge on any atom is -0.0322 e. The number of rotatable bonds is 13.